The van der Waals surface area contributed by atoms with E-state index in [2.05, 4.69) is 5.32 Å². The summed E-state index contributed by atoms with van der Waals surface area (Å²) in [5, 5.41) is 2.66. The van der Waals surface area contributed by atoms with Gasteiger partial charge in [0.1, 0.15) is 0 Å². The van der Waals surface area contributed by atoms with Crippen molar-refractivity contribution in [1.82, 2.24) is 5.32 Å². The van der Waals surface area contributed by atoms with Gasteiger partial charge in [-0.3, -0.25) is 4.79 Å². The number of benzene rings is 2. The average molecular weight is 405 g/mol. The van der Waals surface area contributed by atoms with Gasteiger partial charge in [-0.15, -0.1) is 0 Å². The number of nitrogens with one attached hydrogen (secondary N) is 1. The molecule has 0 aromatic heterocycles. The second kappa shape index (κ2) is 7.50. The normalized spacial score (nSPS) is 18.0. The lowest BCUT2D eigenvalue weighted by atomic mass is 9.78. The van der Waals surface area contributed by atoms with Crippen molar-refractivity contribution in [3.05, 3.63) is 65.2 Å². The van der Waals surface area contributed by atoms with Crippen molar-refractivity contribution in [3.8, 4) is 0 Å². The zero-order valence-electron chi connectivity index (χ0n) is 16.8. The minimum absolute atomic E-state index is 0.0399. The van der Waals surface area contributed by atoms with E-state index >= 15 is 0 Å². The molecule has 2 aromatic rings. The largest absolute Gasteiger partial charge is 0.494 e. The summed E-state index contributed by atoms with van der Waals surface area (Å²) in [6.45, 7) is 8.03. The molecule has 8 heteroatoms. The van der Waals surface area contributed by atoms with Crippen LogP contribution in [0, 0.1) is 0 Å². The molecule has 0 radical (unpaired) electrons. The van der Waals surface area contributed by atoms with Gasteiger partial charge in [-0.1, -0.05) is 30.3 Å². The third-order valence-electron chi connectivity index (χ3n) is 5.38. The SMILES string of the molecule is CC1(C)OB(c2cccc(CNC(=O)c3cccc(C(F)(F)F)c3)c2)OC1(C)C. The minimum Gasteiger partial charge on any atom is -0.399 e. The molecule has 1 saturated heterocycles. The van der Waals surface area contributed by atoms with Crippen LogP contribution in [0.4, 0.5) is 13.2 Å². The molecule has 0 unspecified atom stereocenters. The lowest BCUT2D eigenvalue weighted by Crippen LogP contribution is -2.41. The van der Waals surface area contributed by atoms with E-state index in [-0.39, 0.29) is 12.1 Å². The summed E-state index contributed by atoms with van der Waals surface area (Å²) >= 11 is 0. The zero-order valence-corrected chi connectivity index (χ0v) is 16.8. The molecule has 1 amide bonds. The molecule has 0 aliphatic carbocycles. The highest BCUT2D eigenvalue weighted by molar-refractivity contribution is 6.62. The predicted molar refractivity (Wildman–Crippen MR) is 105 cm³/mol. The van der Waals surface area contributed by atoms with Crippen molar-refractivity contribution >= 4 is 18.5 Å². The zero-order chi connectivity index (χ0) is 21.4. The summed E-state index contributed by atoms with van der Waals surface area (Å²) < 4.78 is 50.5. The van der Waals surface area contributed by atoms with E-state index in [0.717, 1.165) is 23.2 Å². The van der Waals surface area contributed by atoms with Crippen molar-refractivity contribution in [2.45, 2.75) is 51.6 Å². The maximum atomic E-state index is 12.8. The monoisotopic (exact) mass is 405 g/mol. The van der Waals surface area contributed by atoms with Crippen molar-refractivity contribution in [2.24, 2.45) is 0 Å². The van der Waals surface area contributed by atoms with E-state index < -0.39 is 36.0 Å². The molecule has 154 valence electrons. The van der Waals surface area contributed by atoms with Gasteiger partial charge in [0.2, 0.25) is 0 Å². The Morgan fingerprint density at radius 3 is 2.24 bits per heavy atom. The fraction of sp³-hybridized carbons (Fsp3) is 0.381. The number of hydrogen-bond acceptors (Lipinski definition) is 3. The fourth-order valence-electron chi connectivity index (χ4n) is 2.95. The summed E-state index contributed by atoms with van der Waals surface area (Å²) in [5.74, 6) is -0.572. The Morgan fingerprint density at radius 2 is 1.62 bits per heavy atom. The molecule has 0 spiro atoms. The molecule has 0 bridgehead atoms. The summed E-state index contributed by atoms with van der Waals surface area (Å²) in [7, 11) is -0.529. The molecule has 3 rings (SSSR count). The Labute approximate surface area is 168 Å². The number of amides is 1. The molecule has 29 heavy (non-hydrogen) atoms. The van der Waals surface area contributed by atoms with Crippen LogP contribution in [0.3, 0.4) is 0 Å². The molecule has 1 aliphatic rings. The number of halogens is 3. The summed E-state index contributed by atoms with van der Waals surface area (Å²) in [5.41, 5.74) is -0.224. The van der Waals surface area contributed by atoms with E-state index in [1.54, 1.807) is 0 Å². The van der Waals surface area contributed by atoms with E-state index in [1.807, 2.05) is 52.0 Å². The smallest absolute Gasteiger partial charge is 0.399 e. The summed E-state index contributed by atoms with van der Waals surface area (Å²) in [6, 6.07) is 11.7. The standard InChI is InChI=1S/C21H23BF3NO3/c1-19(2)20(3,4)29-22(28-19)17-10-5-7-14(11-17)13-26-18(27)15-8-6-9-16(12-15)21(23,24)25/h5-12H,13H2,1-4H3,(H,26,27). The number of alkyl halides is 3. The third-order valence-corrected chi connectivity index (χ3v) is 5.38. The van der Waals surface area contributed by atoms with Crippen molar-refractivity contribution in [3.63, 3.8) is 0 Å². The van der Waals surface area contributed by atoms with Crippen molar-refractivity contribution < 1.29 is 27.3 Å². The Hall–Kier alpha value is -2.32. The minimum atomic E-state index is -4.49. The molecule has 1 fully saturated rings. The van der Waals surface area contributed by atoms with Gasteiger partial charge in [0.05, 0.1) is 16.8 Å². The first-order valence-electron chi connectivity index (χ1n) is 9.29. The molecule has 4 nitrogen and oxygen atoms in total. The van der Waals surface area contributed by atoms with Gasteiger partial charge in [0.15, 0.2) is 0 Å². The Kier molecular flexibility index (Phi) is 5.53. The van der Waals surface area contributed by atoms with Gasteiger partial charge in [0, 0.05) is 12.1 Å². The quantitative estimate of drug-likeness (QED) is 0.785. The molecule has 0 atom stereocenters. The molecule has 1 N–H and O–H groups in total. The van der Waals surface area contributed by atoms with Gasteiger partial charge >= 0.3 is 13.3 Å². The van der Waals surface area contributed by atoms with Crippen LogP contribution in [0.5, 0.6) is 0 Å². The molecule has 2 aromatic carbocycles. The summed E-state index contributed by atoms with van der Waals surface area (Å²) in [4.78, 5) is 12.3. The van der Waals surface area contributed by atoms with Crippen LogP contribution >= 0.6 is 0 Å². The van der Waals surface area contributed by atoms with Gasteiger partial charge in [0.25, 0.3) is 5.91 Å². The van der Waals surface area contributed by atoms with Crippen LogP contribution in [0.15, 0.2) is 48.5 Å². The van der Waals surface area contributed by atoms with Gasteiger partial charge in [-0.05, 0) is 56.9 Å². The van der Waals surface area contributed by atoms with Crippen molar-refractivity contribution in [1.29, 1.82) is 0 Å². The summed E-state index contributed by atoms with van der Waals surface area (Å²) in [6.07, 6.45) is -4.49. The highest BCUT2D eigenvalue weighted by atomic mass is 19.4. The van der Waals surface area contributed by atoms with Crippen LogP contribution in [0.25, 0.3) is 0 Å². The van der Waals surface area contributed by atoms with Crippen molar-refractivity contribution in [2.75, 3.05) is 0 Å². The molecule has 1 heterocycles. The first-order chi connectivity index (χ1) is 13.4. The average Bonchev–Trinajstić information content (AvgIpc) is 2.87. The Balaban J connectivity index is 1.68. The van der Waals surface area contributed by atoms with E-state index in [1.165, 1.54) is 12.1 Å². The number of carbonyl (C=O) groups is 1. The first kappa shape index (κ1) is 21.4. The lowest BCUT2D eigenvalue weighted by molar-refractivity contribution is -0.137. The highest BCUT2D eigenvalue weighted by Gasteiger charge is 2.51. The lowest BCUT2D eigenvalue weighted by Gasteiger charge is -2.32. The molecular formula is C21H23BF3NO3. The second-order valence-corrected chi connectivity index (χ2v) is 8.09. The van der Waals surface area contributed by atoms with Gasteiger partial charge < -0.3 is 14.6 Å². The Bertz CT molecular complexity index is 896. The van der Waals surface area contributed by atoms with Gasteiger partial charge in [-0.2, -0.15) is 13.2 Å². The van der Waals surface area contributed by atoms with Crippen LogP contribution in [-0.2, 0) is 22.0 Å². The maximum absolute atomic E-state index is 12.8. The predicted octanol–water partition coefficient (Wildman–Crippen LogP) is 3.93. The topological polar surface area (TPSA) is 47.6 Å². The van der Waals surface area contributed by atoms with E-state index in [0.29, 0.717) is 0 Å². The molecule has 1 aliphatic heterocycles. The molecular weight excluding hydrogens is 382 g/mol. The van der Waals surface area contributed by atoms with E-state index in [4.69, 9.17) is 9.31 Å². The number of hydrogen-bond donors (Lipinski definition) is 1. The number of carbonyl (C=O) groups excluding carboxylic acids is 1. The fourth-order valence-corrected chi connectivity index (χ4v) is 2.95. The van der Waals surface area contributed by atoms with E-state index in [9.17, 15) is 18.0 Å². The highest BCUT2D eigenvalue weighted by Crippen LogP contribution is 2.36. The second-order valence-electron chi connectivity index (χ2n) is 8.09. The maximum Gasteiger partial charge on any atom is 0.494 e. The third kappa shape index (κ3) is 4.65. The molecule has 0 saturated carbocycles. The Morgan fingerprint density at radius 1 is 1.00 bits per heavy atom. The van der Waals surface area contributed by atoms with Crippen LogP contribution in [0.2, 0.25) is 0 Å². The van der Waals surface area contributed by atoms with Crippen LogP contribution < -0.4 is 10.8 Å². The number of rotatable bonds is 4. The van der Waals surface area contributed by atoms with Crippen LogP contribution in [-0.4, -0.2) is 24.2 Å². The van der Waals surface area contributed by atoms with Crippen LogP contribution in [0.1, 0.15) is 49.2 Å². The van der Waals surface area contributed by atoms with Gasteiger partial charge in [-0.25, -0.2) is 0 Å². The first-order valence-corrected chi connectivity index (χ1v) is 9.29.